The number of hydrogen-bond donors (Lipinski definition) is 1. The highest BCUT2D eigenvalue weighted by Crippen LogP contribution is 2.28. The van der Waals surface area contributed by atoms with Crippen LogP contribution in [0.3, 0.4) is 0 Å². The van der Waals surface area contributed by atoms with Gasteiger partial charge in [-0.15, -0.1) is 11.3 Å². The summed E-state index contributed by atoms with van der Waals surface area (Å²) in [6, 6.07) is 3.24. The van der Waals surface area contributed by atoms with E-state index in [1.807, 2.05) is 0 Å². The molecule has 1 atom stereocenters. The molecule has 0 amide bonds. The van der Waals surface area contributed by atoms with Crippen LogP contribution in [0.2, 0.25) is 0 Å². The minimum Gasteiger partial charge on any atom is -0.391 e. The molecule has 19 heavy (non-hydrogen) atoms. The van der Waals surface area contributed by atoms with Crippen molar-refractivity contribution in [3.05, 3.63) is 17.0 Å². The van der Waals surface area contributed by atoms with E-state index in [9.17, 15) is 8.42 Å². The van der Waals surface area contributed by atoms with Crippen LogP contribution in [0.4, 0.5) is 0 Å². The summed E-state index contributed by atoms with van der Waals surface area (Å²) in [5.41, 5.74) is 0. The maximum Gasteiger partial charge on any atom is 0.252 e. The van der Waals surface area contributed by atoms with Crippen LogP contribution in [0.5, 0.6) is 0 Å². The lowest BCUT2D eigenvalue weighted by Crippen LogP contribution is -2.40. The molecule has 0 bridgehead atoms. The van der Waals surface area contributed by atoms with E-state index in [0.717, 1.165) is 24.2 Å². The molecule has 0 spiro atoms. The summed E-state index contributed by atoms with van der Waals surface area (Å²) in [5.74, 6) is 0.269. The Morgan fingerprint density at radius 2 is 2.32 bits per heavy atom. The summed E-state index contributed by atoms with van der Waals surface area (Å²) in [4.78, 5) is 0.670. The third-order valence-corrected chi connectivity index (χ3v) is 6.67. The fraction of sp³-hybridized carbons (Fsp3) is 0.667. The van der Waals surface area contributed by atoms with Gasteiger partial charge >= 0.3 is 0 Å². The Kier molecular flexibility index (Phi) is 4.97. The predicted octanol–water partition coefficient (Wildman–Crippen LogP) is 1.29. The highest BCUT2D eigenvalue weighted by Gasteiger charge is 2.31. The van der Waals surface area contributed by atoms with Crippen LogP contribution in [-0.2, 0) is 21.4 Å². The van der Waals surface area contributed by atoms with E-state index >= 15 is 0 Å². The first kappa shape index (κ1) is 14.9. The van der Waals surface area contributed by atoms with Gasteiger partial charge in [0.25, 0.3) is 10.0 Å². The molecule has 2 rings (SSSR count). The second kappa shape index (κ2) is 6.32. The number of sulfonamides is 1. The number of aliphatic hydroxyl groups is 1. The number of ether oxygens (including phenoxy) is 1. The van der Waals surface area contributed by atoms with Gasteiger partial charge in [0.05, 0.1) is 13.2 Å². The van der Waals surface area contributed by atoms with Gasteiger partial charge in [-0.1, -0.05) is 0 Å². The van der Waals surface area contributed by atoms with Crippen molar-refractivity contribution < 1.29 is 18.3 Å². The Balaban J connectivity index is 2.14. The second-order valence-corrected chi connectivity index (χ2v) is 8.04. The lowest BCUT2D eigenvalue weighted by molar-refractivity contribution is 0.118. The molecule has 1 aromatic heterocycles. The Morgan fingerprint density at radius 3 is 2.95 bits per heavy atom. The zero-order valence-corrected chi connectivity index (χ0v) is 12.5. The van der Waals surface area contributed by atoms with Crippen LogP contribution in [0.25, 0.3) is 0 Å². The maximum absolute atomic E-state index is 12.5. The normalized spacial score (nSPS) is 21.7. The summed E-state index contributed by atoms with van der Waals surface area (Å²) in [5, 5.41) is 9.02. The van der Waals surface area contributed by atoms with Crippen molar-refractivity contribution in [2.45, 2.75) is 23.7 Å². The molecule has 0 saturated carbocycles. The summed E-state index contributed by atoms with van der Waals surface area (Å²) >= 11 is 1.14. The first-order valence-electron chi connectivity index (χ1n) is 6.26. The Bertz CT molecular complexity index is 510. The molecule has 108 valence electrons. The minimum atomic E-state index is -3.42. The molecule has 0 aliphatic carbocycles. The smallest absolute Gasteiger partial charge is 0.252 e. The molecule has 1 fully saturated rings. The Hall–Kier alpha value is -0.470. The average Bonchev–Trinajstić information content (AvgIpc) is 2.89. The van der Waals surface area contributed by atoms with Crippen molar-refractivity contribution in [2.75, 3.05) is 26.8 Å². The van der Waals surface area contributed by atoms with Crippen LogP contribution in [0.15, 0.2) is 16.3 Å². The van der Waals surface area contributed by atoms with Crippen LogP contribution in [-0.4, -0.2) is 44.6 Å². The molecule has 1 aliphatic rings. The van der Waals surface area contributed by atoms with Crippen LogP contribution in [0, 0.1) is 5.92 Å². The molecule has 0 aromatic carbocycles. The monoisotopic (exact) mass is 305 g/mol. The SMILES string of the molecule is COCC1CCCN(S(=O)(=O)c2ccc(CO)s2)C1. The van der Waals surface area contributed by atoms with Crippen molar-refractivity contribution >= 4 is 21.4 Å². The van der Waals surface area contributed by atoms with Crippen molar-refractivity contribution in [1.29, 1.82) is 0 Å². The van der Waals surface area contributed by atoms with E-state index in [1.165, 1.54) is 4.31 Å². The maximum atomic E-state index is 12.5. The second-order valence-electron chi connectivity index (χ2n) is 4.71. The molecule has 1 unspecified atom stereocenters. The molecule has 1 aliphatic heterocycles. The molecule has 0 radical (unpaired) electrons. The lowest BCUT2D eigenvalue weighted by Gasteiger charge is -2.31. The van der Waals surface area contributed by atoms with Crippen molar-refractivity contribution in [1.82, 2.24) is 4.31 Å². The highest BCUT2D eigenvalue weighted by atomic mass is 32.2. The van der Waals surface area contributed by atoms with Crippen LogP contribution >= 0.6 is 11.3 Å². The third kappa shape index (κ3) is 3.35. The quantitative estimate of drug-likeness (QED) is 0.890. The number of nitrogens with zero attached hydrogens (tertiary/aromatic N) is 1. The molecular weight excluding hydrogens is 286 g/mol. The van der Waals surface area contributed by atoms with E-state index in [4.69, 9.17) is 9.84 Å². The zero-order valence-electron chi connectivity index (χ0n) is 10.9. The molecule has 1 saturated heterocycles. The van der Waals surface area contributed by atoms with Crippen molar-refractivity contribution in [2.24, 2.45) is 5.92 Å². The number of hydrogen-bond acceptors (Lipinski definition) is 5. The van der Waals surface area contributed by atoms with E-state index in [0.29, 0.717) is 28.8 Å². The largest absolute Gasteiger partial charge is 0.391 e. The molecular formula is C12H19NO4S2. The highest BCUT2D eigenvalue weighted by molar-refractivity contribution is 7.91. The molecule has 1 N–H and O–H groups in total. The molecule has 5 nitrogen and oxygen atoms in total. The summed E-state index contributed by atoms with van der Waals surface area (Å²) in [6.07, 6.45) is 1.87. The summed E-state index contributed by atoms with van der Waals surface area (Å²) in [6.45, 7) is 1.56. The Labute approximate surface area is 117 Å². The van der Waals surface area contributed by atoms with Gasteiger partial charge in [0, 0.05) is 25.1 Å². The topological polar surface area (TPSA) is 66.8 Å². The first-order chi connectivity index (χ1) is 9.07. The van der Waals surface area contributed by atoms with Gasteiger partial charge in [-0.25, -0.2) is 8.42 Å². The molecule has 2 heterocycles. The summed E-state index contributed by atoms with van der Waals surface area (Å²) in [7, 11) is -1.78. The molecule has 7 heteroatoms. The van der Waals surface area contributed by atoms with Crippen molar-refractivity contribution in [3.8, 4) is 0 Å². The number of aliphatic hydroxyl groups excluding tert-OH is 1. The van der Waals surface area contributed by atoms with Gasteiger partial charge in [-0.2, -0.15) is 4.31 Å². The van der Waals surface area contributed by atoms with E-state index in [2.05, 4.69) is 0 Å². The van der Waals surface area contributed by atoms with Gasteiger partial charge in [0.15, 0.2) is 0 Å². The van der Waals surface area contributed by atoms with Crippen molar-refractivity contribution in [3.63, 3.8) is 0 Å². The fourth-order valence-corrected chi connectivity index (χ4v) is 5.25. The van der Waals surface area contributed by atoms with E-state index < -0.39 is 10.0 Å². The third-order valence-electron chi connectivity index (χ3n) is 3.27. The number of thiophene rings is 1. The van der Waals surface area contributed by atoms with E-state index in [1.54, 1.807) is 19.2 Å². The minimum absolute atomic E-state index is 0.119. The summed E-state index contributed by atoms with van der Waals surface area (Å²) < 4.78 is 31.9. The standard InChI is InChI=1S/C12H19NO4S2/c1-17-9-10-3-2-6-13(7-10)19(15,16)12-5-4-11(8-14)18-12/h4-5,10,14H,2-3,6-9H2,1H3. The van der Waals surface area contributed by atoms with Crippen LogP contribution in [0.1, 0.15) is 17.7 Å². The number of piperidine rings is 1. The van der Waals surface area contributed by atoms with Gasteiger partial charge in [-0.3, -0.25) is 0 Å². The predicted molar refractivity (Wildman–Crippen MR) is 73.6 cm³/mol. The Morgan fingerprint density at radius 1 is 1.53 bits per heavy atom. The van der Waals surface area contributed by atoms with E-state index in [-0.39, 0.29) is 12.5 Å². The number of methoxy groups -OCH3 is 1. The first-order valence-corrected chi connectivity index (χ1v) is 8.52. The van der Waals surface area contributed by atoms with Gasteiger partial charge in [-0.05, 0) is 30.9 Å². The zero-order chi connectivity index (χ0) is 13.9. The van der Waals surface area contributed by atoms with Crippen LogP contribution < -0.4 is 0 Å². The van der Waals surface area contributed by atoms with Gasteiger partial charge < -0.3 is 9.84 Å². The van der Waals surface area contributed by atoms with Gasteiger partial charge in [0.1, 0.15) is 4.21 Å². The lowest BCUT2D eigenvalue weighted by atomic mass is 10.0. The average molecular weight is 305 g/mol. The molecule has 1 aromatic rings. The fourth-order valence-electron chi connectivity index (χ4n) is 2.33. The van der Waals surface area contributed by atoms with Gasteiger partial charge in [0.2, 0.25) is 0 Å². The number of rotatable bonds is 5.